The summed E-state index contributed by atoms with van der Waals surface area (Å²) in [7, 11) is 1.71. The third-order valence-corrected chi connectivity index (χ3v) is 7.04. The van der Waals surface area contributed by atoms with Gasteiger partial charge in [-0.05, 0) is 43.7 Å². The number of methoxy groups -OCH3 is 1. The monoisotopic (exact) mass is 516 g/mol. The molecular weight excluding hydrogens is 482 g/mol. The van der Waals surface area contributed by atoms with Gasteiger partial charge < -0.3 is 24.4 Å². The van der Waals surface area contributed by atoms with Crippen LogP contribution in [0.1, 0.15) is 37.9 Å². The van der Waals surface area contributed by atoms with Crippen LogP contribution < -0.4 is 15.0 Å². The lowest BCUT2D eigenvalue weighted by molar-refractivity contribution is 0.122. The van der Waals surface area contributed by atoms with E-state index in [0.29, 0.717) is 80.2 Å². The number of imidazole rings is 1. The standard InChI is InChI=1S/C26H34F2N6O3/c1-35-13-10-29-19-8-6-18(7-9-19)17-37-23-16-22(31-26(32-23)33-11-14-36-15-12-33)34-21-5-3-2-4-20(21)30-25(34)24(27)28/h2-5,16,18-19,24,29H,6-15,17H2,1H3. The third kappa shape index (κ3) is 6.16. The number of hydrogen-bond donors (Lipinski definition) is 1. The number of halogens is 2. The van der Waals surface area contributed by atoms with Crippen molar-refractivity contribution in [2.45, 2.75) is 38.2 Å². The summed E-state index contributed by atoms with van der Waals surface area (Å²) in [6.45, 7) is 4.45. The van der Waals surface area contributed by atoms with Crippen molar-refractivity contribution >= 4 is 17.0 Å². The molecular formula is C26H34F2N6O3. The van der Waals surface area contributed by atoms with Gasteiger partial charge in [-0.3, -0.25) is 4.57 Å². The van der Waals surface area contributed by atoms with Gasteiger partial charge in [0.25, 0.3) is 6.43 Å². The predicted octanol–water partition coefficient (Wildman–Crippen LogP) is 3.76. The SMILES string of the molecule is COCCNC1CCC(COc2cc(-n3c(C(F)F)nc4ccccc43)nc(N3CCOCC3)n2)CC1. The minimum absolute atomic E-state index is 0.321. The fourth-order valence-corrected chi connectivity index (χ4v) is 5.03. The molecule has 200 valence electrons. The molecule has 1 saturated heterocycles. The molecule has 2 aromatic heterocycles. The van der Waals surface area contributed by atoms with E-state index in [0.717, 1.165) is 32.2 Å². The van der Waals surface area contributed by atoms with Gasteiger partial charge in [-0.25, -0.2) is 13.8 Å². The molecule has 2 aliphatic rings. The highest BCUT2D eigenvalue weighted by molar-refractivity contribution is 5.78. The lowest BCUT2D eigenvalue weighted by Crippen LogP contribution is -2.37. The van der Waals surface area contributed by atoms with Crippen LogP contribution in [0.25, 0.3) is 16.9 Å². The molecule has 1 aliphatic heterocycles. The Kier molecular flexibility index (Phi) is 8.42. The Balaban J connectivity index is 1.38. The van der Waals surface area contributed by atoms with Crippen LogP contribution in [0.2, 0.25) is 0 Å². The zero-order valence-corrected chi connectivity index (χ0v) is 21.1. The topological polar surface area (TPSA) is 86.6 Å². The van der Waals surface area contributed by atoms with Crippen molar-refractivity contribution in [3.8, 4) is 11.7 Å². The van der Waals surface area contributed by atoms with Crippen LogP contribution in [0.3, 0.4) is 0 Å². The minimum Gasteiger partial charge on any atom is -0.477 e. The van der Waals surface area contributed by atoms with E-state index in [1.165, 1.54) is 4.57 Å². The third-order valence-electron chi connectivity index (χ3n) is 7.04. The second-order valence-corrected chi connectivity index (χ2v) is 9.53. The minimum atomic E-state index is -2.76. The summed E-state index contributed by atoms with van der Waals surface area (Å²) in [6.07, 6.45) is 1.53. The molecule has 0 radical (unpaired) electrons. The van der Waals surface area contributed by atoms with Crippen LogP contribution in [-0.2, 0) is 9.47 Å². The van der Waals surface area contributed by atoms with E-state index < -0.39 is 6.43 Å². The van der Waals surface area contributed by atoms with Crippen LogP contribution in [-0.4, -0.2) is 78.7 Å². The Labute approximate surface area is 215 Å². The highest BCUT2D eigenvalue weighted by Gasteiger charge is 2.25. The van der Waals surface area contributed by atoms with Gasteiger partial charge in [0, 0.05) is 38.9 Å². The Bertz CT molecular complexity index is 1160. The molecule has 0 unspecified atom stereocenters. The summed E-state index contributed by atoms with van der Waals surface area (Å²) in [5, 5.41) is 3.54. The fraction of sp³-hybridized carbons (Fsp3) is 0.577. The second-order valence-electron chi connectivity index (χ2n) is 9.53. The van der Waals surface area contributed by atoms with Gasteiger partial charge in [0.15, 0.2) is 5.82 Å². The summed E-state index contributed by atoms with van der Waals surface area (Å²) in [6, 6.07) is 9.22. The van der Waals surface area contributed by atoms with Crippen LogP contribution >= 0.6 is 0 Å². The number of morpholine rings is 1. The van der Waals surface area contributed by atoms with Crippen molar-refractivity contribution in [3.05, 3.63) is 36.2 Å². The highest BCUT2D eigenvalue weighted by atomic mass is 19.3. The molecule has 37 heavy (non-hydrogen) atoms. The van der Waals surface area contributed by atoms with E-state index in [-0.39, 0.29) is 5.82 Å². The number of aromatic nitrogens is 4. The van der Waals surface area contributed by atoms with Gasteiger partial charge >= 0.3 is 0 Å². The van der Waals surface area contributed by atoms with E-state index >= 15 is 0 Å². The van der Waals surface area contributed by atoms with E-state index in [4.69, 9.17) is 14.2 Å². The molecule has 5 rings (SSSR count). The Morgan fingerprint density at radius 3 is 2.62 bits per heavy atom. The van der Waals surface area contributed by atoms with E-state index in [1.54, 1.807) is 37.4 Å². The number of nitrogens with one attached hydrogen (secondary N) is 1. The van der Waals surface area contributed by atoms with Crippen LogP contribution in [0.4, 0.5) is 14.7 Å². The maximum atomic E-state index is 14.0. The van der Waals surface area contributed by atoms with Crippen molar-refractivity contribution in [2.75, 3.05) is 58.1 Å². The number of ether oxygens (including phenoxy) is 3. The first-order chi connectivity index (χ1) is 18.1. The number of rotatable bonds is 10. The number of alkyl halides is 2. The molecule has 1 aliphatic carbocycles. The molecule has 11 heteroatoms. The molecule has 9 nitrogen and oxygen atoms in total. The van der Waals surface area contributed by atoms with E-state index in [2.05, 4.69) is 20.3 Å². The first kappa shape index (κ1) is 25.7. The number of anilines is 1. The molecule has 3 heterocycles. The number of benzene rings is 1. The summed E-state index contributed by atoms with van der Waals surface area (Å²) in [5.41, 5.74) is 1.05. The zero-order chi connectivity index (χ0) is 25.6. The fourth-order valence-electron chi connectivity index (χ4n) is 5.03. The van der Waals surface area contributed by atoms with Gasteiger partial charge in [0.05, 0.1) is 37.5 Å². The molecule has 0 bridgehead atoms. The molecule has 0 atom stereocenters. The molecule has 1 N–H and O–H groups in total. The lowest BCUT2D eigenvalue weighted by atomic mass is 9.86. The van der Waals surface area contributed by atoms with Gasteiger partial charge in [0.1, 0.15) is 5.82 Å². The normalized spacial score (nSPS) is 20.6. The molecule has 1 saturated carbocycles. The summed E-state index contributed by atoms with van der Waals surface area (Å²) in [5.74, 6) is 1.21. The van der Waals surface area contributed by atoms with Gasteiger partial charge in [-0.1, -0.05) is 12.1 Å². The van der Waals surface area contributed by atoms with Crippen LogP contribution in [0, 0.1) is 5.92 Å². The average Bonchev–Trinajstić information content (AvgIpc) is 3.33. The number of hydrogen-bond acceptors (Lipinski definition) is 8. The zero-order valence-electron chi connectivity index (χ0n) is 21.1. The molecule has 1 aromatic carbocycles. The molecule has 0 amide bonds. The van der Waals surface area contributed by atoms with E-state index in [9.17, 15) is 8.78 Å². The Morgan fingerprint density at radius 1 is 1.08 bits per heavy atom. The van der Waals surface area contributed by atoms with Gasteiger partial charge in [0.2, 0.25) is 11.8 Å². The summed E-state index contributed by atoms with van der Waals surface area (Å²) in [4.78, 5) is 15.5. The maximum Gasteiger partial charge on any atom is 0.296 e. The van der Waals surface area contributed by atoms with Crippen molar-refractivity contribution < 1.29 is 23.0 Å². The maximum absolute atomic E-state index is 14.0. The van der Waals surface area contributed by atoms with Crippen LogP contribution in [0.15, 0.2) is 30.3 Å². The molecule has 0 spiro atoms. The van der Waals surface area contributed by atoms with Crippen molar-refractivity contribution in [1.82, 2.24) is 24.8 Å². The number of fused-ring (bicyclic) bond motifs is 1. The number of nitrogens with zero attached hydrogens (tertiary/aromatic N) is 5. The predicted molar refractivity (Wildman–Crippen MR) is 136 cm³/mol. The quantitative estimate of drug-likeness (QED) is 0.408. The largest absolute Gasteiger partial charge is 0.477 e. The smallest absolute Gasteiger partial charge is 0.296 e. The van der Waals surface area contributed by atoms with Crippen molar-refractivity contribution in [1.29, 1.82) is 0 Å². The Hall–Kier alpha value is -2.89. The van der Waals surface area contributed by atoms with Crippen molar-refractivity contribution in [2.24, 2.45) is 5.92 Å². The lowest BCUT2D eigenvalue weighted by Gasteiger charge is -2.29. The van der Waals surface area contributed by atoms with Crippen molar-refractivity contribution in [3.63, 3.8) is 0 Å². The summed E-state index contributed by atoms with van der Waals surface area (Å²) < 4.78 is 46.3. The first-order valence-corrected chi connectivity index (χ1v) is 12.9. The molecule has 2 fully saturated rings. The average molecular weight is 517 g/mol. The van der Waals surface area contributed by atoms with Gasteiger partial charge in [-0.15, -0.1) is 0 Å². The second kappa shape index (κ2) is 12.1. The Morgan fingerprint density at radius 2 is 1.86 bits per heavy atom. The van der Waals surface area contributed by atoms with Crippen LogP contribution in [0.5, 0.6) is 5.88 Å². The van der Waals surface area contributed by atoms with E-state index in [1.807, 2.05) is 4.90 Å². The summed E-state index contributed by atoms with van der Waals surface area (Å²) >= 11 is 0. The molecule has 3 aromatic rings. The van der Waals surface area contributed by atoms with Gasteiger partial charge in [-0.2, -0.15) is 9.97 Å². The first-order valence-electron chi connectivity index (χ1n) is 12.9. The number of para-hydroxylation sites is 2. The highest BCUT2D eigenvalue weighted by Crippen LogP contribution is 2.30.